The van der Waals surface area contributed by atoms with Crippen molar-refractivity contribution in [2.75, 3.05) is 53.0 Å². The summed E-state index contributed by atoms with van der Waals surface area (Å²) < 4.78 is 16.9. The van der Waals surface area contributed by atoms with Crippen LogP contribution in [0.1, 0.15) is 36.0 Å². The number of ether oxygens (including phenoxy) is 3. The normalized spacial score (nSPS) is 22.0. The van der Waals surface area contributed by atoms with Crippen LogP contribution in [0.15, 0.2) is 12.1 Å². The number of likely N-dealkylation sites (tertiary alicyclic amines) is 1. The molecule has 2 aliphatic rings. The van der Waals surface area contributed by atoms with Crippen LogP contribution in [0.2, 0.25) is 0 Å². The first kappa shape index (κ1) is 21.7. The second kappa shape index (κ2) is 10.7. The van der Waals surface area contributed by atoms with E-state index in [1.165, 1.54) is 0 Å². The predicted molar refractivity (Wildman–Crippen MR) is 110 cm³/mol. The van der Waals surface area contributed by atoms with Crippen molar-refractivity contribution in [1.29, 1.82) is 0 Å². The lowest BCUT2D eigenvalue weighted by molar-refractivity contribution is 0.0216. The van der Waals surface area contributed by atoms with E-state index in [1.54, 1.807) is 19.2 Å². The molecule has 1 fully saturated rings. The standard InChI is InChI=1S/C21H33N3O5/c1-27-18-6-5-16(19-20(18)29-12-4-11-28-19)21(26)23-13-15-7-10-24(14-17(15)25)9-3-2-8-22/h5-6,15,17,25H,2-4,7-14,22H2,1H3,(H,23,26)/t15-,17+/m0/s1. The number of benzene rings is 1. The van der Waals surface area contributed by atoms with Crippen LogP contribution in [0.25, 0.3) is 0 Å². The van der Waals surface area contributed by atoms with E-state index in [9.17, 15) is 9.90 Å². The molecule has 0 aromatic heterocycles. The number of hydrogen-bond donors (Lipinski definition) is 3. The lowest BCUT2D eigenvalue weighted by Gasteiger charge is -2.36. The van der Waals surface area contributed by atoms with Gasteiger partial charge in [-0.25, -0.2) is 0 Å². The second-order valence-corrected chi connectivity index (χ2v) is 7.65. The Bertz CT molecular complexity index is 685. The van der Waals surface area contributed by atoms with Gasteiger partial charge in [0.2, 0.25) is 5.75 Å². The minimum absolute atomic E-state index is 0.0405. The Labute approximate surface area is 172 Å². The molecule has 0 saturated carbocycles. The molecule has 2 atom stereocenters. The second-order valence-electron chi connectivity index (χ2n) is 7.65. The van der Waals surface area contributed by atoms with Gasteiger partial charge in [0, 0.05) is 25.4 Å². The van der Waals surface area contributed by atoms with Crippen LogP contribution in [-0.2, 0) is 0 Å². The fourth-order valence-electron chi connectivity index (χ4n) is 3.86. The number of aliphatic hydroxyl groups is 1. The third kappa shape index (κ3) is 5.52. The quantitative estimate of drug-likeness (QED) is 0.552. The number of methoxy groups -OCH3 is 1. The molecule has 0 unspecified atom stereocenters. The van der Waals surface area contributed by atoms with Gasteiger partial charge in [-0.1, -0.05) is 0 Å². The zero-order valence-electron chi connectivity index (χ0n) is 17.2. The van der Waals surface area contributed by atoms with Crippen molar-refractivity contribution in [3.8, 4) is 17.2 Å². The van der Waals surface area contributed by atoms with E-state index in [-0.39, 0.29) is 11.8 Å². The van der Waals surface area contributed by atoms with E-state index in [2.05, 4.69) is 10.2 Å². The maximum atomic E-state index is 12.8. The Morgan fingerprint density at radius 3 is 2.83 bits per heavy atom. The van der Waals surface area contributed by atoms with Gasteiger partial charge in [-0.2, -0.15) is 0 Å². The van der Waals surface area contributed by atoms with Crippen LogP contribution in [0.3, 0.4) is 0 Å². The Hall–Kier alpha value is -2.03. The molecule has 162 valence electrons. The fourth-order valence-corrected chi connectivity index (χ4v) is 3.86. The largest absolute Gasteiger partial charge is 0.493 e. The zero-order chi connectivity index (χ0) is 20.6. The van der Waals surface area contributed by atoms with Gasteiger partial charge in [0.05, 0.1) is 32.0 Å². The van der Waals surface area contributed by atoms with Crippen LogP contribution < -0.4 is 25.3 Å². The first-order valence-corrected chi connectivity index (χ1v) is 10.5. The highest BCUT2D eigenvalue weighted by Crippen LogP contribution is 2.41. The van der Waals surface area contributed by atoms with Gasteiger partial charge < -0.3 is 35.3 Å². The summed E-state index contributed by atoms with van der Waals surface area (Å²) in [6, 6.07) is 3.41. The van der Waals surface area contributed by atoms with Crippen molar-refractivity contribution < 1.29 is 24.1 Å². The smallest absolute Gasteiger partial charge is 0.255 e. The first-order chi connectivity index (χ1) is 14.1. The molecule has 2 aliphatic heterocycles. The zero-order valence-corrected chi connectivity index (χ0v) is 17.2. The third-order valence-corrected chi connectivity index (χ3v) is 5.58. The molecule has 0 bridgehead atoms. The van der Waals surface area contributed by atoms with E-state index < -0.39 is 6.10 Å². The molecule has 8 heteroatoms. The Kier molecular flexibility index (Phi) is 7.97. The van der Waals surface area contributed by atoms with Crippen molar-refractivity contribution in [2.24, 2.45) is 11.7 Å². The number of piperidine rings is 1. The van der Waals surface area contributed by atoms with Gasteiger partial charge in [0.1, 0.15) is 0 Å². The number of fused-ring (bicyclic) bond motifs is 1. The highest BCUT2D eigenvalue weighted by molar-refractivity contribution is 5.98. The lowest BCUT2D eigenvalue weighted by Crippen LogP contribution is -2.47. The number of carbonyl (C=O) groups is 1. The molecule has 29 heavy (non-hydrogen) atoms. The van der Waals surface area contributed by atoms with E-state index in [0.29, 0.717) is 55.7 Å². The lowest BCUT2D eigenvalue weighted by atomic mass is 9.93. The van der Waals surface area contributed by atoms with Crippen molar-refractivity contribution in [1.82, 2.24) is 10.2 Å². The van der Waals surface area contributed by atoms with Crippen LogP contribution in [0.5, 0.6) is 17.2 Å². The SMILES string of the molecule is COc1ccc(C(=O)NC[C@@H]2CCN(CCCCN)C[C@H]2O)c2c1OCCCO2. The highest BCUT2D eigenvalue weighted by Gasteiger charge is 2.29. The molecule has 0 spiro atoms. The number of β-amino-alcohol motifs (C(OH)–C–C–N with tert-alkyl or cyclic N) is 1. The summed E-state index contributed by atoms with van der Waals surface area (Å²) in [6.45, 7) is 4.67. The minimum atomic E-state index is -0.450. The van der Waals surface area contributed by atoms with Crippen molar-refractivity contribution in [3.05, 3.63) is 17.7 Å². The number of amides is 1. The number of aliphatic hydroxyl groups excluding tert-OH is 1. The molecule has 0 aliphatic carbocycles. The van der Waals surface area contributed by atoms with E-state index >= 15 is 0 Å². The summed E-state index contributed by atoms with van der Waals surface area (Å²) in [6.07, 6.45) is 3.20. The summed E-state index contributed by atoms with van der Waals surface area (Å²) in [5, 5.41) is 13.5. The highest BCUT2D eigenvalue weighted by atomic mass is 16.5. The Morgan fingerprint density at radius 1 is 1.31 bits per heavy atom. The molecule has 8 nitrogen and oxygen atoms in total. The molecule has 0 radical (unpaired) electrons. The Morgan fingerprint density at radius 2 is 2.10 bits per heavy atom. The number of nitrogens with two attached hydrogens (primary N) is 1. The maximum Gasteiger partial charge on any atom is 0.255 e. The molecule has 1 saturated heterocycles. The summed E-state index contributed by atoms with van der Waals surface area (Å²) >= 11 is 0. The van der Waals surface area contributed by atoms with Gasteiger partial charge in [0.15, 0.2) is 11.5 Å². The van der Waals surface area contributed by atoms with Gasteiger partial charge in [0.25, 0.3) is 5.91 Å². The van der Waals surface area contributed by atoms with E-state index in [0.717, 1.165) is 38.8 Å². The van der Waals surface area contributed by atoms with Gasteiger partial charge >= 0.3 is 0 Å². The topological polar surface area (TPSA) is 106 Å². The number of carbonyl (C=O) groups excluding carboxylic acids is 1. The fraction of sp³-hybridized carbons (Fsp3) is 0.667. The van der Waals surface area contributed by atoms with Crippen LogP contribution >= 0.6 is 0 Å². The average molecular weight is 408 g/mol. The summed E-state index contributed by atoms with van der Waals surface area (Å²) in [5.41, 5.74) is 5.97. The first-order valence-electron chi connectivity index (χ1n) is 10.5. The maximum absolute atomic E-state index is 12.8. The third-order valence-electron chi connectivity index (χ3n) is 5.58. The van der Waals surface area contributed by atoms with E-state index in [1.807, 2.05) is 0 Å². The van der Waals surface area contributed by atoms with E-state index in [4.69, 9.17) is 19.9 Å². The van der Waals surface area contributed by atoms with Crippen LogP contribution in [0, 0.1) is 5.92 Å². The summed E-state index contributed by atoms with van der Waals surface area (Å²) in [5.74, 6) is 1.26. The number of rotatable bonds is 8. The minimum Gasteiger partial charge on any atom is -0.493 e. The van der Waals surface area contributed by atoms with Crippen molar-refractivity contribution in [2.45, 2.75) is 31.8 Å². The average Bonchev–Trinajstić information content (AvgIpc) is 2.98. The summed E-state index contributed by atoms with van der Waals surface area (Å²) in [4.78, 5) is 15.1. The van der Waals surface area contributed by atoms with Crippen LogP contribution in [0.4, 0.5) is 0 Å². The van der Waals surface area contributed by atoms with Gasteiger partial charge in [-0.3, -0.25) is 4.79 Å². The number of nitrogens with one attached hydrogen (secondary N) is 1. The molecule has 1 aromatic rings. The molecule has 1 aromatic carbocycles. The molecular weight excluding hydrogens is 374 g/mol. The molecule has 2 heterocycles. The van der Waals surface area contributed by atoms with Crippen LogP contribution in [-0.4, -0.2) is 75.1 Å². The van der Waals surface area contributed by atoms with Gasteiger partial charge in [-0.05, 0) is 51.0 Å². The monoisotopic (exact) mass is 407 g/mol. The number of unbranched alkanes of at least 4 members (excludes halogenated alkanes) is 1. The number of hydrogen-bond acceptors (Lipinski definition) is 7. The Balaban J connectivity index is 1.57. The molecule has 3 rings (SSSR count). The number of nitrogens with zero attached hydrogens (tertiary/aromatic N) is 1. The van der Waals surface area contributed by atoms with Crippen molar-refractivity contribution >= 4 is 5.91 Å². The summed E-state index contributed by atoms with van der Waals surface area (Å²) in [7, 11) is 1.56. The molecule has 1 amide bonds. The van der Waals surface area contributed by atoms with Crippen molar-refractivity contribution in [3.63, 3.8) is 0 Å². The van der Waals surface area contributed by atoms with Gasteiger partial charge in [-0.15, -0.1) is 0 Å². The molecular formula is C21H33N3O5. The molecule has 4 N–H and O–H groups in total. The predicted octanol–water partition coefficient (Wildman–Crippen LogP) is 1.01.